The highest BCUT2D eigenvalue weighted by molar-refractivity contribution is 5.68. The first kappa shape index (κ1) is 21.6. The van der Waals surface area contributed by atoms with Gasteiger partial charge in [-0.1, -0.05) is 18.2 Å². The minimum absolute atomic E-state index is 0.226. The molecule has 0 unspecified atom stereocenters. The number of rotatable bonds is 7. The Morgan fingerprint density at radius 2 is 1.84 bits per heavy atom. The predicted molar refractivity (Wildman–Crippen MR) is 115 cm³/mol. The third-order valence-electron chi connectivity index (χ3n) is 6.33. The Labute approximate surface area is 182 Å². The Morgan fingerprint density at radius 3 is 2.58 bits per heavy atom. The van der Waals surface area contributed by atoms with E-state index >= 15 is 0 Å². The standard InChI is InChI=1S/C24H30N2O5/c1-15-7-8-21(16(2)25-15)31-23-10-19-13-26(12-18(19)9-20(23)27)11-17-5-3-4-6-22(17)30-14-24(28)29/h3-8,18-20,23,27H,9-14H2,1-2H3,(H,28,29)/t18-,19+,20+,23+/m0/s1. The molecule has 4 atom stereocenters. The number of para-hydroxylation sites is 1. The van der Waals surface area contributed by atoms with E-state index in [0.717, 1.165) is 48.6 Å². The zero-order valence-electron chi connectivity index (χ0n) is 18.0. The maximum atomic E-state index is 10.9. The summed E-state index contributed by atoms with van der Waals surface area (Å²) in [6.45, 7) is 6.07. The summed E-state index contributed by atoms with van der Waals surface area (Å²) in [5.41, 5.74) is 2.78. The van der Waals surface area contributed by atoms with Gasteiger partial charge in [-0.25, -0.2) is 4.79 Å². The number of likely N-dealkylation sites (tertiary alicyclic amines) is 1. The van der Waals surface area contributed by atoms with E-state index in [9.17, 15) is 9.90 Å². The number of hydrogen-bond donors (Lipinski definition) is 2. The first-order chi connectivity index (χ1) is 14.9. The smallest absolute Gasteiger partial charge is 0.341 e. The number of aromatic nitrogens is 1. The first-order valence-electron chi connectivity index (χ1n) is 10.8. The molecule has 0 spiro atoms. The molecule has 2 fully saturated rings. The van der Waals surface area contributed by atoms with Gasteiger partial charge >= 0.3 is 5.97 Å². The van der Waals surface area contributed by atoms with Crippen molar-refractivity contribution < 1.29 is 24.5 Å². The number of aryl methyl sites for hydroxylation is 2. The number of pyridine rings is 1. The Hall–Kier alpha value is -2.64. The quantitative estimate of drug-likeness (QED) is 0.703. The molecule has 7 heteroatoms. The van der Waals surface area contributed by atoms with Crippen LogP contribution in [-0.4, -0.2) is 58.0 Å². The van der Waals surface area contributed by atoms with Crippen molar-refractivity contribution >= 4 is 5.97 Å². The lowest BCUT2D eigenvalue weighted by Crippen LogP contribution is -2.42. The molecule has 0 radical (unpaired) electrons. The van der Waals surface area contributed by atoms with Crippen LogP contribution in [0, 0.1) is 25.7 Å². The van der Waals surface area contributed by atoms with Crippen LogP contribution in [0.2, 0.25) is 0 Å². The molecule has 2 heterocycles. The van der Waals surface area contributed by atoms with Crippen molar-refractivity contribution in [3.05, 3.63) is 53.3 Å². The third-order valence-corrected chi connectivity index (χ3v) is 6.33. The second kappa shape index (κ2) is 9.24. The Kier molecular flexibility index (Phi) is 6.43. The molecule has 1 saturated heterocycles. The number of benzene rings is 1. The van der Waals surface area contributed by atoms with E-state index in [1.165, 1.54) is 0 Å². The predicted octanol–water partition coefficient (Wildman–Crippen LogP) is 2.81. The number of nitrogens with zero attached hydrogens (tertiary/aromatic N) is 2. The summed E-state index contributed by atoms with van der Waals surface area (Å²) in [6, 6.07) is 11.5. The van der Waals surface area contributed by atoms with Crippen molar-refractivity contribution in [3.63, 3.8) is 0 Å². The number of aliphatic hydroxyl groups excluding tert-OH is 1. The van der Waals surface area contributed by atoms with E-state index in [-0.39, 0.29) is 12.7 Å². The van der Waals surface area contributed by atoms with E-state index in [1.807, 2.05) is 50.2 Å². The third kappa shape index (κ3) is 5.17. The van der Waals surface area contributed by atoms with Crippen molar-refractivity contribution in [1.82, 2.24) is 9.88 Å². The number of carboxylic acid groups (broad SMARTS) is 1. The molecule has 1 saturated carbocycles. The van der Waals surface area contributed by atoms with Crippen molar-refractivity contribution in [2.75, 3.05) is 19.7 Å². The average molecular weight is 427 g/mol. The zero-order chi connectivity index (χ0) is 22.0. The van der Waals surface area contributed by atoms with Crippen LogP contribution in [0.3, 0.4) is 0 Å². The summed E-state index contributed by atoms with van der Waals surface area (Å²) >= 11 is 0. The topological polar surface area (TPSA) is 92.1 Å². The summed E-state index contributed by atoms with van der Waals surface area (Å²) in [5.74, 6) is 1.26. The fourth-order valence-corrected chi connectivity index (χ4v) is 4.86. The normalized spacial score (nSPS) is 25.8. The number of ether oxygens (including phenoxy) is 2. The molecule has 2 aromatic rings. The molecule has 0 bridgehead atoms. The van der Waals surface area contributed by atoms with Crippen molar-refractivity contribution in [3.8, 4) is 11.5 Å². The average Bonchev–Trinajstić information content (AvgIpc) is 3.10. The lowest BCUT2D eigenvalue weighted by molar-refractivity contribution is -0.139. The fraction of sp³-hybridized carbons (Fsp3) is 0.500. The van der Waals surface area contributed by atoms with E-state index in [2.05, 4.69) is 9.88 Å². The van der Waals surface area contributed by atoms with Crippen LogP contribution in [0.1, 0.15) is 29.8 Å². The van der Waals surface area contributed by atoms with Crippen LogP contribution in [0.25, 0.3) is 0 Å². The number of carboxylic acids is 1. The molecular formula is C24H30N2O5. The first-order valence-corrected chi connectivity index (χ1v) is 10.8. The van der Waals surface area contributed by atoms with Gasteiger partial charge in [-0.3, -0.25) is 9.88 Å². The monoisotopic (exact) mass is 426 g/mol. The Balaban J connectivity index is 1.38. The van der Waals surface area contributed by atoms with Crippen LogP contribution < -0.4 is 9.47 Å². The van der Waals surface area contributed by atoms with E-state index in [0.29, 0.717) is 24.1 Å². The second-order valence-electron chi connectivity index (χ2n) is 8.74. The maximum absolute atomic E-state index is 10.9. The fourth-order valence-electron chi connectivity index (χ4n) is 4.86. The van der Waals surface area contributed by atoms with E-state index in [4.69, 9.17) is 14.6 Å². The lowest BCUT2D eigenvalue weighted by atomic mass is 9.78. The molecule has 1 aromatic heterocycles. The van der Waals surface area contributed by atoms with Crippen LogP contribution >= 0.6 is 0 Å². The number of carbonyl (C=O) groups is 1. The van der Waals surface area contributed by atoms with E-state index in [1.54, 1.807) is 0 Å². The van der Waals surface area contributed by atoms with Crippen LogP contribution in [-0.2, 0) is 11.3 Å². The van der Waals surface area contributed by atoms with Gasteiger partial charge in [0.2, 0.25) is 0 Å². The Morgan fingerprint density at radius 1 is 1.10 bits per heavy atom. The molecule has 1 aliphatic carbocycles. The lowest BCUT2D eigenvalue weighted by Gasteiger charge is -2.35. The summed E-state index contributed by atoms with van der Waals surface area (Å²) in [7, 11) is 0. The van der Waals surface area contributed by atoms with Crippen molar-refractivity contribution in [1.29, 1.82) is 0 Å². The summed E-state index contributed by atoms with van der Waals surface area (Å²) < 4.78 is 11.6. The maximum Gasteiger partial charge on any atom is 0.341 e. The molecular weight excluding hydrogens is 396 g/mol. The number of hydrogen-bond acceptors (Lipinski definition) is 6. The van der Waals surface area contributed by atoms with Gasteiger partial charge in [-0.2, -0.15) is 0 Å². The van der Waals surface area contributed by atoms with Crippen LogP contribution in [0.4, 0.5) is 0 Å². The minimum Gasteiger partial charge on any atom is -0.486 e. The minimum atomic E-state index is -0.985. The van der Waals surface area contributed by atoms with Gasteiger partial charge in [0.15, 0.2) is 6.61 Å². The van der Waals surface area contributed by atoms with Gasteiger partial charge in [0.25, 0.3) is 0 Å². The van der Waals surface area contributed by atoms with Gasteiger partial charge in [0.1, 0.15) is 17.6 Å². The highest BCUT2D eigenvalue weighted by atomic mass is 16.5. The molecule has 2 aliphatic rings. The van der Waals surface area contributed by atoms with Crippen LogP contribution in [0.5, 0.6) is 11.5 Å². The summed E-state index contributed by atoms with van der Waals surface area (Å²) in [4.78, 5) is 17.7. The molecule has 7 nitrogen and oxygen atoms in total. The van der Waals surface area contributed by atoms with E-state index < -0.39 is 12.1 Å². The van der Waals surface area contributed by atoms with Gasteiger partial charge in [-0.05, 0) is 56.7 Å². The molecule has 31 heavy (non-hydrogen) atoms. The summed E-state index contributed by atoms with van der Waals surface area (Å²) in [6.07, 6.45) is 0.817. The highest BCUT2D eigenvalue weighted by Crippen LogP contribution is 2.39. The molecule has 2 N–H and O–H groups in total. The molecule has 1 aliphatic heterocycles. The number of aliphatic carboxylic acids is 1. The second-order valence-corrected chi connectivity index (χ2v) is 8.74. The van der Waals surface area contributed by atoms with Crippen molar-refractivity contribution in [2.45, 2.75) is 45.4 Å². The molecule has 166 valence electrons. The Bertz CT molecular complexity index is 934. The summed E-state index contributed by atoms with van der Waals surface area (Å²) in [5, 5.41) is 19.6. The number of fused-ring (bicyclic) bond motifs is 1. The zero-order valence-corrected chi connectivity index (χ0v) is 18.0. The van der Waals surface area contributed by atoms with Crippen LogP contribution in [0.15, 0.2) is 36.4 Å². The number of aliphatic hydroxyl groups is 1. The molecule has 4 rings (SSSR count). The SMILES string of the molecule is Cc1ccc(O[C@@H]2C[C@@H]3CN(Cc4ccccc4OCC(=O)O)C[C@@H]3C[C@H]2O)c(C)n1. The van der Waals surface area contributed by atoms with Crippen molar-refractivity contribution in [2.24, 2.45) is 11.8 Å². The highest BCUT2D eigenvalue weighted by Gasteiger charge is 2.42. The van der Waals surface area contributed by atoms with Gasteiger partial charge in [0.05, 0.1) is 11.8 Å². The largest absolute Gasteiger partial charge is 0.486 e. The molecule has 0 amide bonds. The van der Waals surface area contributed by atoms with Gasteiger partial charge < -0.3 is 19.7 Å². The molecule has 1 aromatic carbocycles. The van der Waals surface area contributed by atoms with Gasteiger partial charge in [0, 0.05) is 30.9 Å². The van der Waals surface area contributed by atoms with Gasteiger partial charge in [-0.15, -0.1) is 0 Å².